The molecule has 0 spiro atoms. The summed E-state index contributed by atoms with van der Waals surface area (Å²) in [5.41, 5.74) is 1.10. The van der Waals surface area contributed by atoms with Crippen molar-refractivity contribution in [1.82, 2.24) is 10.6 Å². The Hall–Kier alpha value is -2.73. The van der Waals surface area contributed by atoms with Crippen LogP contribution in [-0.2, 0) is 0 Å². The SMILES string of the molecule is CNC(=O)NCCOc1ccc(-c2cc3ccc(O)cc3s2)cc1. The van der Waals surface area contributed by atoms with E-state index >= 15 is 0 Å². The minimum Gasteiger partial charge on any atom is -0.508 e. The van der Waals surface area contributed by atoms with E-state index in [1.54, 1.807) is 30.5 Å². The number of nitrogens with one attached hydrogen (secondary N) is 2. The average molecular weight is 342 g/mol. The van der Waals surface area contributed by atoms with Crippen molar-refractivity contribution in [1.29, 1.82) is 0 Å². The molecule has 0 atom stereocenters. The lowest BCUT2D eigenvalue weighted by Crippen LogP contribution is -2.35. The van der Waals surface area contributed by atoms with Crippen molar-refractivity contribution in [3.05, 3.63) is 48.5 Å². The van der Waals surface area contributed by atoms with Gasteiger partial charge in [0, 0.05) is 16.6 Å². The topological polar surface area (TPSA) is 70.6 Å². The number of phenolic OH excluding ortho intramolecular Hbond substituents is 1. The van der Waals surface area contributed by atoms with E-state index in [1.807, 2.05) is 30.3 Å². The Kier molecular flexibility index (Phi) is 4.86. The third kappa shape index (κ3) is 3.78. The van der Waals surface area contributed by atoms with E-state index in [2.05, 4.69) is 16.7 Å². The van der Waals surface area contributed by atoms with Crippen LogP contribution in [0.5, 0.6) is 11.5 Å². The van der Waals surface area contributed by atoms with Crippen LogP contribution in [0.15, 0.2) is 48.5 Å². The molecule has 0 aliphatic carbocycles. The Bertz CT molecular complexity index is 843. The second-order valence-corrected chi connectivity index (χ2v) is 6.30. The number of carbonyl (C=O) groups is 1. The number of benzene rings is 2. The highest BCUT2D eigenvalue weighted by atomic mass is 32.1. The number of hydrogen-bond donors (Lipinski definition) is 3. The monoisotopic (exact) mass is 342 g/mol. The number of phenols is 1. The molecule has 3 rings (SSSR count). The lowest BCUT2D eigenvalue weighted by Gasteiger charge is -2.07. The highest BCUT2D eigenvalue weighted by molar-refractivity contribution is 7.22. The van der Waals surface area contributed by atoms with Gasteiger partial charge in [-0.1, -0.05) is 0 Å². The Labute approximate surface area is 143 Å². The first-order chi connectivity index (χ1) is 11.7. The summed E-state index contributed by atoms with van der Waals surface area (Å²) in [6, 6.07) is 15.1. The van der Waals surface area contributed by atoms with Crippen molar-refractivity contribution in [2.24, 2.45) is 0 Å². The Morgan fingerprint density at radius 2 is 1.96 bits per heavy atom. The quantitative estimate of drug-likeness (QED) is 0.621. The summed E-state index contributed by atoms with van der Waals surface area (Å²) >= 11 is 1.64. The smallest absolute Gasteiger partial charge is 0.314 e. The van der Waals surface area contributed by atoms with Crippen LogP contribution in [0.2, 0.25) is 0 Å². The number of fused-ring (bicyclic) bond motifs is 1. The number of ether oxygens (including phenoxy) is 1. The van der Waals surface area contributed by atoms with Gasteiger partial charge < -0.3 is 20.5 Å². The molecular weight excluding hydrogens is 324 g/mol. The molecule has 5 nitrogen and oxygen atoms in total. The van der Waals surface area contributed by atoms with Crippen molar-refractivity contribution < 1.29 is 14.6 Å². The van der Waals surface area contributed by atoms with E-state index in [4.69, 9.17) is 4.74 Å². The van der Waals surface area contributed by atoms with Crippen LogP contribution in [0.4, 0.5) is 4.79 Å². The van der Waals surface area contributed by atoms with E-state index in [0.717, 1.165) is 26.3 Å². The van der Waals surface area contributed by atoms with Gasteiger partial charge in [-0.25, -0.2) is 4.79 Å². The minimum absolute atomic E-state index is 0.218. The molecule has 124 valence electrons. The summed E-state index contributed by atoms with van der Waals surface area (Å²) in [6.07, 6.45) is 0. The van der Waals surface area contributed by atoms with E-state index in [1.165, 1.54) is 0 Å². The molecule has 24 heavy (non-hydrogen) atoms. The third-order valence-corrected chi connectivity index (χ3v) is 4.67. The van der Waals surface area contributed by atoms with Crippen molar-refractivity contribution in [2.75, 3.05) is 20.2 Å². The van der Waals surface area contributed by atoms with Gasteiger partial charge in [0.05, 0.1) is 6.54 Å². The molecule has 3 N–H and O–H groups in total. The number of rotatable bonds is 5. The van der Waals surface area contributed by atoms with Gasteiger partial charge in [-0.05, 0) is 59.5 Å². The molecule has 1 aromatic heterocycles. The molecule has 2 amide bonds. The van der Waals surface area contributed by atoms with Crippen molar-refractivity contribution in [3.8, 4) is 21.9 Å². The molecule has 0 saturated heterocycles. The fourth-order valence-electron chi connectivity index (χ4n) is 2.30. The van der Waals surface area contributed by atoms with Crippen LogP contribution in [-0.4, -0.2) is 31.3 Å². The summed E-state index contributed by atoms with van der Waals surface area (Å²) in [7, 11) is 1.57. The fraction of sp³-hybridized carbons (Fsp3) is 0.167. The van der Waals surface area contributed by atoms with Crippen molar-refractivity contribution in [2.45, 2.75) is 0 Å². The largest absolute Gasteiger partial charge is 0.508 e. The molecule has 6 heteroatoms. The van der Waals surface area contributed by atoms with Crippen LogP contribution in [0.3, 0.4) is 0 Å². The zero-order valence-electron chi connectivity index (χ0n) is 13.2. The molecule has 0 radical (unpaired) electrons. The molecule has 2 aromatic carbocycles. The molecule has 0 aliphatic rings. The molecule has 1 heterocycles. The molecular formula is C18H18N2O3S. The summed E-state index contributed by atoms with van der Waals surface area (Å²) in [5.74, 6) is 1.04. The van der Waals surface area contributed by atoms with Gasteiger partial charge in [-0.2, -0.15) is 0 Å². The van der Waals surface area contributed by atoms with Crippen LogP contribution in [0.1, 0.15) is 0 Å². The standard InChI is InChI=1S/C18H18N2O3S/c1-19-18(22)20-8-9-23-15-6-3-12(4-7-15)16-10-13-2-5-14(21)11-17(13)24-16/h2-7,10-11,21H,8-9H2,1H3,(H2,19,20,22). The Balaban J connectivity index is 1.64. The van der Waals surface area contributed by atoms with Crippen LogP contribution in [0, 0.1) is 0 Å². The number of aromatic hydroxyl groups is 1. The Morgan fingerprint density at radius 1 is 1.17 bits per heavy atom. The molecule has 3 aromatic rings. The molecule has 0 bridgehead atoms. The van der Waals surface area contributed by atoms with E-state index in [9.17, 15) is 9.90 Å². The minimum atomic E-state index is -0.218. The van der Waals surface area contributed by atoms with E-state index < -0.39 is 0 Å². The Morgan fingerprint density at radius 3 is 2.71 bits per heavy atom. The number of amides is 2. The van der Waals surface area contributed by atoms with E-state index in [-0.39, 0.29) is 11.8 Å². The van der Waals surface area contributed by atoms with Gasteiger partial charge in [0.15, 0.2) is 0 Å². The van der Waals surface area contributed by atoms with Crippen LogP contribution in [0.25, 0.3) is 20.5 Å². The first kappa shape index (κ1) is 16.1. The molecule has 0 unspecified atom stereocenters. The summed E-state index contributed by atoms with van der Waals surface area (Å²) in [6.45, 7) is 0.857. The zero-order valence-corrected chi connectivity index (χ0v) is 14.0. The number of thiophene rings is 1. The predicted octanol–water partition coefficient (Wildman–Crippen LogP) is 3.58. The summed E-state index contributed by atoms with van der Waals surface area (Å²) < 4.78 is 6.66. The second kappa shape index (κ2) is 7.23. The van der Waals surface area contributed by atoms with Gasteiger partial charge >= 0.3 is 6.03 Å². The fourth-order valence-corrected chi connectivity index (χ4v) is 3.40. The number of urea groups is 1. The van der Waals surface area contributed by atoms with Gasteiger partial charge in [-0.3, -0.25) is 0 Å². The zero-order chi connectivity index (χ0) is 16.9. The van der Waals surface area contributed by atoms with Gasteiger partial charge in [-0.15, -0.1) is 11.3 Å². The van der Waals surface area contributed by atoms with Gasteiger partial charge in [0.25, 0.3) is 0 Å². The average Bonchev–Trinajstić information content (AvgIpc) is 3.02. The van der Waals surface area contributed by atoms with Crippen molar-refractivity contribution in [3.63, 3.8) is 0 Å². The van der Waals surface area contributed by atoms with Gasteiger partial charge in [0.1, 0.15) is 18.1 Å². The number of hydrogen-bond acceptors (Lipinski definition) is 4. The molecule has 0 fully saturated rings. The van der Waals surface area contributed by atoms with Gasteiger partial charge in [0.2, 0.25) is 0 Å². The maximum atomic E-state index is 11.0. The predicted molar refractivity (Wildman–Crippen MR) is 96.9 cm³/mol. The van der Waals surface area contributed by atoms with Crippen LogP contribution >= 0.6 is 11.3 Å². The summed E-state index contributed by atoms with van der Waals surface area (Å²) in [5, 5.41) is 15.8. The summed E-state index contributed by atoms with van der Waals surface area (Å²) in [4.78, 5) is 12.2. The van der Waals surface area contributed by atoms with E-state index in [0.29, 0.717) is 13.2 Å². The maximum Gasteiger partial charge on any atom is 0.314 e. The third-order valence-electron chi connectivity index (χ3n) is 3.53. The van der Waals surface area contributed by atoms with Crippen molar-refractivity contribution >= 4 is 27.5 Å². The lowest BCUT2D eigenvalue weighted by molar-refractivity contribution is 0.238. The first-order valence-corrected chi connectivity index (χ1v) is 8.39. The number of carbonyl (C=O) groups excluding carboxylic acids is 1. The normalized spacial score (nSPS) is 10.5. The lowest BCUT2D eigenvalue weighted by atomic mass is 10.1. The maximum absolute atomic E-state index is 11.0. The molecule has 0 saturated carbocycles. The highest BCUT2D eigenvalue weighted by Crippen LogP contribution is 2.35. The highest BCUT2D eigenvalue weighted by Gasteiger charge is 2.05. The van der Waals surface area contributed by atoms with Crippen LogP contribution < -0.4 is 15.4 Å². The first-order valence-electron chi connectivity index (χ1n) is 7.57. The second-order valence-electron chi connectivity index (χ2n) is 5.21. The molecule has 0 aliphatic heterocycles.